The predicted octanol–water partition coefficient (Wildman–Crippen LogP) is 2.12. The molecule has 0 amide bonds. The number of hydrogen-bond donors (Lipinski definition) is 0. The molecule has 0 aromatic rings. The van der Waals surface area contributed by atoms with Gasteiger partial charge in [-0.25, -0.2) is 14.4 Å². The van der Waals surface area contributed by atoms with Crippen molar-refractivity contribution in [3.63, 3.8) is 0 Å². The van der Waals surface area contributed by atoms with E-state index in [4.69, 9.17) is 28.8 Å². The molecule has 0 aliphatic carbocycles. The van der Waals surface area contributed by atoms with Gasteiger partial charge < -0.3 is 14.2 Å². The molecule has 0 aromatic carbocycles. The Morgan fingerprint density at radius 3 is 0.722 bits per heavy atom. The molecule has 0 rings (SSSR count). The first-order chi connectivity index (χ1) is 17.2. The van der Waals surface area contributed by atoms with Gasteiger partial charge in [0.05, 0.1) is 21.3 Å². The zero-order valence-corrected chi connectivity index (χ0v) is 20.8. The van der Waals surface area contributed by atoms with Gasteiger partial charge in [-0.3, -0.25) is 0 Å². The van der Waals surface area contributed by atoms with E-state index in [1.807, 2.05) is 39.0 Å². The van der Waals surface area contributed by atoms with Crippen LogP contribution in [0.5, 0.6) is 0 Å². The van der Waals surface area contributed by atoms with Crippen LogP contribution in [0.3, 0.4) is 0 Å². The second-order valence-electron chi connectivity index (χ2n) is 4.47. The Kier molecular flexibility index (Phi) is 64.6. The third-order valence-corrected chi connectivity index (χ3v) is 2.21. The summed E-state index contributed by atoms with van der Waals surface area (Å²) in [7, 11) is 4.05. The van der Waals surface area contributed by atoms with Crippen LogP contribution in [-0.4, -0.2) is 57.7 Å². The summed E-state index contributed by atoms with van der Waals surface area (Å²) < 4.78 is 13.0. The predicted molar refractivity (Wildman–Crippen MR) is 123 cm³/mol. The molecule has 0 fully saturated rings. The van der Waals surface area contributed by atoms with Crippen molar-refractivity contribution in [3.8, 4) is 0 Å². The van der Waals surface area contributed by atoms with Crippen molar-refractivity contribution in [1.82, 2.24) is 0 Å². The number of carbonyl (C=O) groups excluding carboxylic acids is 9. The molecule has 0 aliphatic rings. The van der Waals surface area contributed by atoms with Gasteiger partial charge in [0.1, 0.15) is 0 Å². The van der Waals surface area contributed by atoms with E-state index in [2.05, 4.69) is 14.2 Å². The Bertz CT molecular complexity index is 701. The smallest absolute Gasteiger partial charge is 0.373 e. The summed E-state index contributed by atoms with van der Waals surface area (Å²) in [5, 5.41) is 0. The van der Waals surface area contributed by atoms with Crippen molar-refractivity contribution in [2.45, 2.75) is 20.8 Å². The van der Waals surface area contributed by atoms with Crippen LogP contribution < -0.4 is 0 Å². The van der Waals surface area contributed by atoms with Crippen LogP contribution in [0.25, 0.3) is 0 Å². The van der Waals surface area contributed by atoms with Crippen LogP contribution in [0.15, 0.2) is 72.9 Å². The Morgan fingerprint density at radius 1 is 0.444 bits per heavy atom. The fourth-order valence-electron chi connectivity index (χ4n) is 0.940. The zero-order valence-electron chi connectivity index (χ0n) is 20.8. The Balaban J connectivity index is -0.0000000803. The van der Waals surface area contributed by atoms with Gasteiger partial charge in [0.25, 0.3) is 0 Å². The van der Waals surface area contributed by atoms with E-state index >= 15 is 0 Å². The lowest BCUT2D eigenvalue weighted by molar-refractivity contribution is -0.193. The average molecular weight is 510 g/mol. The highest BCUT2D eigenvalue weighted by Crippen LogP contribution is 1.80. The minimum Gasteiger partial charge on any atom is -0.466 e. The molecule has 0 bridgehead atoms. The molecule has 12 nitrogen and oxygen atoms in total. The fraction of sp³-hybridized carbons (Fsp3) is 0.250. The van der Waals surface area contributed by atoms with E-state index in [-0.39, 0.29) is 36.4 Å². The summed E-state index contributed by atoms with van der Waals surface area (Å²) in [6, 6.07) is 0. The number of hydrogen-bond acceptors (Lipinski definition) is 12. The van der Waals surface area contributed by atoms with E-state index in [0.717, 1.165) is 0 Å². The molecule has 0 atom stereocenters. The zero-order chi connectivity index (χ0) is 29.5. The van der Waals surface area contributed by atoms with Gasteiger partial charge >= 0.3 is 36.4 Å². The molecule has 198 valence electrons. The summed E-state index contributed by atoms with van der Waals surface area (Å²) in [5.74, 6) is -0.977. The standard InChI is InChI=1S/3C7H10O2.3CO2/c3*1-3-4-5-6-7(8)9-2;3*2-1-3/h3*3-6H,1-2H3;;;/b4-3+,6-5+;4-3-,6-5+;4-3-,6-5-;;;. The number of rotatable bonds is 6. The van der Waals surface area contributed by atoms with Gasteiger partial charge in [-0.05, 0) is 20.8 Å². The van der Waals surface area contributed by atoms with Gasteiger partial charge in [-0.15, -0.1) is 0 Å². The topological polar surface area (TPSA) is 181 Å². The molecule has 0 saturated heterocycles. The van der Waals surface area contributed by atoms with Gasteiger partial charge in [0.15, 0.2) is 0 Å². The van der Waals surface area contributed by atoms with Crippen molar-refractivity contribution in [3.05, 3.63) is 72.9 Å². The van der Waals surface area contributed by atoms with Crippen molar-refractivity contribution in [1.29, 1.82) is 0 Å². The number of methoxy groups -OCH3 is 3. The lowest BCUT2D eigenvalue weighted by Gasteiger charge is -1.85. The number of carbonyl (C=O) groups is 3. The fourth-order valence-corrected chi connectivity index (χ4v) is 0.940. The minimum absolute atomic E-state index is 0.250. The first-order valence-corrected chi connectivity index (χ1v) is 9.27. The van der Waals surface area contributed by atoms with Gasteiger partial charge in [0, 0.05) is 18.2 Å². The second-order valence-corrected chi connectivity index (χ2v) is 4.47. The molecule has 0 aliphatic heterocycles. The van der Waals surface area contributed by atoms with Crippen LogP contribution in [0.2, 0.25) is 0 Å². The lowest BCUT2D eigenvalue weighted by Crippen LogP contribution is -1.92. The van der Waals surface area contributed by atoms with Crippen LogP contribution in [0.1, 0.15) is 20.8 Å². The van der Waals surface area contributed by atoms with Crippen LogP contribution in [-0.2, 0) is 57.4 Å². The first kappa shape index (κ1) is 44.6. The molecule has 0 unspecified atom stereocenters. The molecule has 12 heteroatoms. The van der Waals surface area contributed by atoms with Crippen molar-refractivity contribution in [2.75, 3.05) is 21.3 Å². The molecule has 36 heavy (non-hydrogen) atoms. The molecule has 0 radical (unpaired) electrons. The quantitative estimate of drug-likeness (QED) is 0.220. The second kappa shape index (κ2) is 52.1. The van der Waals surface area contributed by atoms with E-state index < -0.39 is 0 Å². The van der Waals surface area contributed by atoms with Crippen molar-refractivity contribution in [2.24, 2.45) is 0 Å². The maximum atomic E-state index is 10.3. The normalized spacial score (nSPS) is 8.83. The molecular formula is C24H30O12. The Morgan fingerprint density at radius 2 is 0.611 bits per heavy atom. The number of ether oxygens (including phenoxy) is 3. The van der Waals surface area contributed by atoms with Crippen LogP contribution >= 0.6 is 0 Å². The van der Waals surface area contributed by atoms with Crippen LogP contribution in [0, 0.1) is 0 Å². The maximum Gasteiger partial charge on any atom is 0.373 e. The van der Waals surface area contributed by atoms with E-state index in [0.29, 0.717) is 0 Å². The maximum absolute atomic E-state index is 10.3. The summed E-state index contributed by atoms with van der Waals surface area (Å²) in [6.07, 6.45) is 20.5. The minimum atomic E-state index is -0.326. The van der Waals surface area contributed by atoms with Gasteiger partial charge in [-0.1, -0.05) is 54.7 Å². The molecule has 0 saturated carbocycles. The lowest BCUT2D eigenvalue weighted by atomic mass is 10.4. The average Bonchev–Trinajstić information content (AvgIpc) is 2.86. The van der Waals surface area contributed by atoms with Crippen molar-refractivity contribution < 1.29 is 57.4 Å². The van der Waals surface area contributed by atoms with E-state index in [9.17, 15) is 14.4 Å². The molecule has 0 spiro atoms. The first-order valence-electron chi connectivity index (χ1n) is 9.27. The SMILES string of the molecule is C/C=C/C=C/C(=O)OC.C/C=C\C=C/C(=O)OC.C/C=C\C=C\C(=O)OC.O=C=O.O=C=O.O=C=O. The molecule has 0 aromatic heterocycles. The third kappa shape index (κ3) is 88.8. The highest BCUT2D eigenvalue weighted by molar-refractivity contribution is 5.82. The third-order valence-electron chi connectivity index (χ3n) is 2.21. The highest BCUT2D eigenvalue weighted by atomic mass is 16.5. The van der Waals surface area contributed by atoms with Crippen molar-refractivity contribution >= 4 is 36.4 Å². The highest BCUT2D eigenvalue weighted by Gasteiger charge is 1.86. The monoisotopic (exact) mass is 510 g/mol. The largest absolute Gasteiger partial charge is 0.466 e. The van der Waals surface area contributed by atoms with Gasteiger partial charge in [-0.2, -0.15) is 28.8 Å². The molecular weight excluding hydrogens is 480 g/mol. The van der Waals surface area contributed by atoms with E-state index in [1.54, 1.807) is 36.5 Å². The molecule has 0 N–H and O–H groups in total. The number of allylic oxidation sites excluding steroid dienone is 9. The Labute approximate surface area is 209 Å². The Hall–Kier alpha value is -5.01. The summed E-state index contributed by atoms with van der Waals surface area (Å²) >= 11 is 0. The summed E-state index contributed by atoms with van der Waals surface area (Å²) in [6.45, 7) is 5.63. The van der Waals surface area contributed by atoms with Crippen LogP contribution in [0.4, 0.5) is 0 Å². The summed E-state index contributed by atoms with van der Waals surface area (Å²) in [4.78, 5) is 79.8. The van der Waals surface area contributed by atoms with Gasteiger partial charge in [0.2, 0.25) is 0 Å². The van der Waals surface area contributed by atoms with E-state index in [1.165, 1.54) is 39.6 Å². The summed E-state index contributed by atoms with van der Waals surface area (Å²) in [5.41, 5.74) is 0. The molecule has 0 heterocycles. The number of esters is 3.